The van der Waals surface area contributed by atoms with Crippen molar-refractivity contribution in [1.29, 1.82) is 0 Å². The van der Waals surface area contributed by atoms with E-state index in [1.54, 1.807) is 0 Å². The van der Waals surface area contributed by atoms with Gasteiger partial charge < -0.3 is 15.0 Å². The molecule has 0 aliphatic rings. The van der Waals surface area contributed by atoms with Gasteiger partial charge in [0.15, 0.2) is 5.76 Å². The molecular formula is C14H17ClN2O2. The molecule has 0 spiro atoms. The predicted octanol–water partition coefficient (Wildman–Crippen LogP) is 3.11. The molecule has 19 heavy (non-hydrogen) atoms. The lowest BCUT2D eigenvalue weighted by Gasteiger charge is -2.09. The van der Waals surface area contributed by atoms with E-state index in [4.69, 9.17) is 26.6 Å². The molecule has 0 saturated carbocycles. The van der Waals surface area contributed by atoms with Gasteiger partial charge in [-0.25, -0.2) is 0 Å². The van der Waals surface area contributed by atoms with Crippen LogP contribution in [0, 0.1) is 6.92 Å². The van der Waals surface area contributed by atoms with Crippen LogP contribution in [0.25, 0.3) is 0 Å². The third-order valence-corrected chi connectivity index (χ3v) is 2.90. The van der Waals surface area contributed by atoms with Crippen molar-refractivity contribution in [3.05, 3.63) is 46.3 Å². The minimum absolute atomic E-state index is 0.111. The summed E-state index contributed by atoms with van der Waals surface area (Å²) in [5.41, 5.74) is 7.69. The number of benzene rings is 1. The number of aromatic nitrogens is 1. The van der Waals surface area contributed by atoms with Crippen molar-refractivity contribution in [1.82, 2.24) is 5.16 Å². The first-order valence-corrected chi connectivity index (χ1v) is 6.51. The van der Waals surface area contributed by atoms with E-state index in [1.165, 1.54) is 0 Å². The SMILES string of the molecule is Cc1cc(COc2ccc(CC(C)N)cc2Cl)on1. The second-order valence-corrected chi connectivity index (χ2v) is 5.08. The van der Waals surface area contributed by atoms with Crippen molar-refractivity contribution in [2.75, 3.05) is 0 Å². The third-order valence-electron chi connectivity index (χ3n) is 2.60. The highest BCUT2D eigenvalue weighted by Crippen LogP contribution is 2.26. The number of aryl methyl sites for hydroxylation is 1. The van der Waals surface area contributed by atoms with Crippen molar-refractivity contribution in [3.63, 3.8) is 0 Å². The van der Waals surface area contributed by atoms with E-state index < -0.39 is 0 Å². The second-order valence-electron chi connectivity index (χ2n) is 4.67. The Kier molecular flexibility index (Phi) is 4.45. The highest BCUT2D eigenvalue weighted by atomic mass is 35.5. The first-order chi connectivity index (χ1) is 9.04. The summed E-state index contributed by atoms with van der Waals surface area (Å²) in [6.07, 6.45) is 0.793. The number of nitrogens with two attached hydrogens (primary N) is 1. The average Bonchev–Trinajstić information content (AvgIpc) is 2.73. The molecule has 102 valence electrons. The second kappa shape index (κ2) is 6.08. The number of nitrogens with zero attached hydrogens (tertiary/aromatic N) is 1. The molecule has 2 rings (SSSR count). The van der Waals surface area contributed by atoms with Gasteiger partial charge in [-0.2, -0.15) is 0 Å². The van der Waals surface area contributed by atoms with E-state index in [0.717, 1.165) is 17.7 Å². The lowest BCUT2D eigenvalue weighted by atomic mass is 10.1. The molecule has 1 heterocycles. The molecule has 5 heteroatoms. The van der Waals surface area contributed by atoms with Crippen molar-refractivity contribution < 1.29 is 9.26 Å². The zero-order chi connectivity index (χ0) is 13.8. The van der Waals surface area contributed by atoms with Crippen LogP contribution in [0.4, 0.5) is 0 Å². The molecule has 1 aromatic carbocycles. The molecule has 1 aromatic heterocycles. The van der Waals surface area contributed by atoms with Crippen LogP contribution in [0.15, 0.2) is 28.8 Å². The zero-order valence-corrected chi connectivity index (χ0v) is 11.8. The number of ether oxygens (including phenoxy) is 1. The Morgan fingerprint density at radius 1 is 1.42 bits per heavy atom. The van der Waals surface area contributed by atoms with Gasteiger partial charge in [0, 0.05) is 12.1 Å². The summed E-state index contributed by atoms with van der Waals surface area (Å²) in [6.45, 7) is 4.14. The molecule has 0 radical (unpaired) electrons. The van der Waals surface area contributed by atoms with Gasteiger partial charge in [-0.05, 0) is 38.0 Å². The molecule has 0 fully saturated rings. The smallest absolute Gasteiger partial charge is 0.174 e. The standard InChI is InChI=1S/C14H17ClN2O2/c1-9(16)5-11-3-4-14(13(15)7-11)18-8-12-6-10(2)17-19-12/h3-4,6-7,9H,5,8,16H2,1-2H3. The minimum atomic E-state index is 0.111. The summed E-state index contributed by atoms with van der Waals surface area (Å²) in [5.74, 6) is 1.30. The summed E-state index contributed by atoms with van der Waals surface area (Å²) >= 11 is 6.17. The van der Waals surface area contributed by atoms with E-state index >= 15 is 0 Å². The molecular weight excluding hydrogens is 264 g/mol. The topological polar surface area (TPSA) is 61.3 Å². The van der Waals surface area contributed by atoms with Crippen LogP contribution in [0.3, 0.4) is 0 Å². The van der Waals surface area contributed by atoms with Crippen molar-refractivity contribution in [2.24, 2.45) is 5.73 Å². The van der Waals surface area contributed by atoms with Crippen molar-refractivity contribution >= 4 is 11.6 Å². The van der Waals surface area contributed by atoms with Gasteiger partial charge in [-0.15, -0.1) is 0 Å². The van der Waals surface area contributed by atoms with Gasteiger partial charge in [-0.3, -0.25) is 0 Å². The van der Waals surface area contributed by atoms with Crippen LogP contribution in [-0.2, 0) is 13.0 Å². The Hall–Kier alpha value is -1.52. The van der Waals surface area contributed by atoms with Crippen LogP contribution in [0.5, 0.6) is 5.75 Å². The zero-order valence-electron chi connectivity index (χ0n) is 11.0. The maximum Gasteiger partial charge on any atom is 0.174 e. The van der Waals surface area contributed by atoms with E-state index in [2.05, 4.69) is 5.16 Å². The minimum Gasteiger partial charge on any atom is -0.484 e. The Labute approximate surface area is 117 Å². The molecule has 4 nitrogen and oxygen atoms in total. The van der Waals surface area contributed by atoms with Gasteiger partial charge in [-0.1, -0.05) is 22.8 Å². The average molecular weight is 281 g/mol. The van der Waals surface area contributed by atoms with E-state index in [9.17, 15) is 0 Å². The molecule has 2 N–H and O–H groups in total. The molecule has 1 unspecified atom stereocenters. The summed E-state index contributed by atoms with van der Waals surface area (Å²) < 4.78 is 10.7. The monoisotopic (exact) mass is 280 g/mol. The maximum atomic E-state index is 6.17. The summed E-state index contributed by atoms with van der Waals surface area (Å²) in [5, 5.41) is 4.37. The lowest BCUT2D eigenvalue weighted by Crippen LogP contribution is -2.17. The first-order valence-electron chi connectivity index (χ1n) is 6.13. The van der Waals surface area contributed by atoms with E-state index in [-0.39, 0.29) is 6.04 Å². The van der Waals surface area contributed by atoms with Gasteiger partial charge in [0.2, 0.25) is 0 Å². The molecule has 0 aliphatic heterocycles. The Morgan fingerprint density at radius 3 is 2.79 bits per heavy atom. The van der Waals surface area contributed by atoms with Crippen LogP contribution in [0.2, 0.25) is 5.02 Å². The van der Waals surface area contributed by atoms with Crippen molar-refractivity contribution in [3.8, 4) is 5.75 Å². The number of rotatable bonds is 5. The normalized spacial score (nSPS) is 12.4. The highest BCUT2D eigenvalue weighted by molar-refractivity contribution is 6.32. The molecule has 0 aliphatic carbocycles. The van der Waals surface area contributed by atoms with E-state index in [1.807, 2.05) is 38.1 Å². The van der Waals surface area contributed by atoms with Crippen LogP contribution in [-0.4, -0.2) is 11.2 Å². The fourth-order valence-electron chi connectivity index (χ4n) is 1.79. The summed E-state index contributed by atoms with van der Waals surface area (Å²) in [7, 11) is 0. The number of hydrogen-bond donors (Lipinski definition) is 1. The van der Waals surface area contributed by atoms with Crippen LogP contribution >= 0.6 is 11.6 Å². The van der Waals surface area contributed by atoms with Crippen LogP contribution < -0.4 is 10.5 Å². The Morgan fingerprint density at radius 2 is 2.21 bits per heavy atom. The predicted molar refractivity (Wildman–Crippen MR) is 74.4 cm³/mol. The van der Waals surface area contributed by atoms with E-state index in [0.29, 0.717) is 23.1 Å². The maximum absolute atomic E-state index is 6.17. The first kappa shape index (κ1) is 13.9. The number of halogens is 1. The molecule has 2 aromatic rings. The fraction of sp³-hybridized carbons (Fsp3) is 0.357. The van der Waals surface area contributed by atoms with Gasteiger partial charge in [0.25, 0.3) is 0 Å². The summed E-state index contributed by atoms with van der Waals surface area (Å²) in [6, 6.07) is 7.64. The number of hydrogen-bond acceptors (Lipinski definition) is 4. The quantitative estimate of drug-likeness (QED) is 0.914. The van der Waals surface area contributed by atoms with Crippen LogP contribution in [0.1, 0.15) is 23.9 Å². The largest absolute Gasteiger partial charge is 0.484 e. The lowest BCUT2D eigenvalue weighted by molar-refractivity contribution is 0.249. The van der Waals surface area contributed by atoms with Gasteiger partial charge in [0.05, 0.1) is 10.7 Å². The molecule has 0 amide bonds. The molecule has 0 bridgehead atoms. The van der Waals surface area contributed by atoms with Crippen molar-refractivity contribution in [2.45, 2.75) is 32.9 Å². The van der Waals surface area contributed by atoms with Gasteiger partial charge in [0.1, 0.15) is 12.4 Å². The van der Waals surface area contributed by atoms with Gasteiger partial charge >= 0.3 is 0 Å². The highest BCUT2D eigenvalue weighted by Gasteiger charge is 2.07. The molecule has 1 atom stereocenters. The fourth-order valence-corrected chi connectivity index (χ4v) is 2.05. The Balaban J connectivity index is 2.00. The third kappa shape index (κ3) is 3.98. The summed E-state index contributed by atoms with van der Waals surface area (Å²) in [4.78, 5) is 0. The molecule has 0 saturated heterocycles. The Bertz CT molecular complexity index is 552.